The van der Waals surface area contributed by atoms with Gasteiger partial charge in [-0.2, -0.15) is 0 Å². The van der Waals surface area contributed by atoms with Gasteiger partial charge in [-0.3, -0.25) is 4.79 Å². The van der Waals surface area contributed by atoms with E-state index in [1.165, 1.54) is 6.39 Å². The molecule has 2 heterocycles. The van der Waals surface area contributed by atoms with Crippen molar-refractivity contribution in [3.8, 4) is 0 Å². The number of carbonyl (C=O) groups is 1. The van der Waals surface area contributed by atoms with Crippen LogP contribution in [-0.4, -0.2) is 20.9 Å². The van der Waals surface area contributed by atoms with E-state index >= 15 is 0 Å². The molecule has 0 aromatic carbocycles. The summed E-state index contributed by atoms with van der Waals surface area (Å²) in [6.07, 6.45) is 5.17. The Morgan fingerprint density at radius 2 is 2.20 bits per heavy atom. The van der Waals surface area contributed by atoms with Gasteiger partial charge in [-0.05, 0) is 38.7 Å². The second kappa shape index (κ2) is 5.03. The summed E-state index contributed by atoms with van der Waals surface area (Å²) in [5.74, 6) is 1.36. The molecule has 6 nitrogen and oxygen atoms in total. The van der Waals surface area contributed by atoms with Crippen molar-refractivity contribution < 1.29 is 9.21 Å². The minimum absolute atomic E-state index is 0.154. The zero-order valence-electron chi connectivity index (χ0n) is 11.5. The minimum Gasteiger partial charge on any atom is -0.448 e. The molecule has 20 heavy (non-hydrogen) atoms. The quantitative estimate of drug-likeness (QED) is 0.920. The van der Waals surface area contributed by atoms with Crippen LogP contribution in [-0.2, 0) is 0 Å². The van der Waals surface area contributed by atoms with Crippen molar-refractivity contribution >= 4 is 5.91 Å². The molecule has 0 saturated heterocycles. The molecular formula is C14H16N4O2. The fourth-order valence-corrected chi connectivity index (χ4v) is 2.17. The second-order valence-corrected chi connectivity index (χ2v) is 5.10. The molecule has 104 valence electrons. The van der Waals surface area contributed by atoms with Crippen LogP contribution in [0.3, 0.4) is 0 Å². The van der Waals surface area contributed by atoms with Crippen molar-refractivity contribution in [1.82, 2.24) is 20.3 Å². The first-order chi connectivity index (χ1) is 9.65. The standard InChI is InChI=1S/C14H16N4O2/c1-8-5-6-15-13(17-8)12(10-3-4-10)18-14(19)11-9(2)20-7-16-11/h5-7,10,12H,3-4H2,1-2H3,(H,18,19)/t12-/m1/s1. The fourth-order valence-electron chi connectivity index (χ4n) is 2.17. The summed E-state index contributed by atoms with van der Waals surface area (Å²) >= 11 is 0. The lowest BCUT2D eigenvalue weighted by atomic mass is 10.1. The van der Waals surface area contributed by atoms with Crippen LogP contribution in [0.2, 0.25) is 0 Å². The predicted molar refractivity (Wildman–Crippen MR) is 70.9 cm³/mol. The van der Waals surface area contributed by atoms with Gasteiger partial charge in [0, 0.05) is 11.9 Å². The summed E-state index contributed by atoms with van der Waals surface area (Å²) in [7, 11) is 0. The van der Waals surface area contributed by atoms with Gasteiger partial charge in [0.05, 0.1) is 6.04 Å². The number of aryl methyl sites for hydroxylation is 2. The lowest BCUT2D eigenvalue weighted by Crippen LogP contribution is -2.31. The summed E-state index contributed by atoms with van der Waals surface area (Å²) in [6.45, 7) is 3.63. The Labute approximate surface area is 116 Å². The molecule has 1 atom stereocenters. The van der Waals surface area contributed by atoms with Crippen LogP contribution in [0, 0.1) is 19.8 Å². The lowest BCUT2D eigenvalue weighted by Gasteiger charge is -2.16. The van der Waals surface area contributed by atoms with Crippen molar-refractivity contribution in [3.63, 3.8) is 0 Å². The fraction of sp³-hybridized carbons (Fsp3) is 0.429. The second-order valence-electron chi connectivity index (χ2n) is 5.10. The number of nitrogens with one attached hydrogen (secondary N) is 1. The van der Waals surface area contributed by atoms with Crippen molar-refractivity contribution in [2.75, 3.05) is 0 Å². The predicted octanol–water partition coefficient (Wildman–Crippen LogP) is 1.96. The van der Waals surface area contributed by atoms with Crippen molar-refractivity contribution in [3.05, 3.63) is 41.6 Å². The largest absolute Gasteiger partial charge is 0.448 e. The summed E-state index contributed by atoms with van der Waals surface area (Å²) in [6, 6.07) is 1.69. The van der Waals surface area contributed by atoms with Gasteiger partial charge >= 0.3 is 0 Å². The van der Waals surface area contributed by atoms with Crippen molar-refractivity contribution in [1.29, 1.82) is 0 Å². The maximum absolute atomic E-state index is 12.2. The van der Waals surface area contributed by atoms with Gasteiger partial charge < -0.3 is 9.73 Å². The number of carbonyl (C=O) groups excluding carboxylic acids is 1. The molecule has 3 rings (SSSR count). The maximum atomic E-state index is 12.2. The topological polar surface area (TPSA) is 80.9 Å². The van der Waals surface area contributed by atoms with E-state index < -0.39 is 0 Å². The van der Waals surface area contributed by atoms with Gasteiger partial charge in [-0.1, -0.05) is 0 Å². The van der Waals surface area contributed by atoms with Gasteiger partial charge in [0.15, 0.2) is 17.9 Å². The Bertz CT molecular complexity index is 634. The van der Waals surface area contributed by atoms with Crippen LogP contribution >= 0.6 is 0 Å². The molecule has 6 heteroatoms. The SMILES string of the molecule is Cc1ccnc([C@H](NC(=O)c2ncoc2C)C2CC2)n1. The summed E-state index contributed by atoms with van der Waals surface area (Å²) in [5.41, 5.74) is 1.22. The average molecular weight is 272 g/mol. The Hall–Kier alpha value is -2.24. The molecular weight excluding hydrogens is 256 g/mol. The number of oxazole rings is 1. The Morgan fingerprint density at radius 1 is 1.40 bits per heavy atom. The van der Waals surface area contributed by atoms with Crippen LogP contribution in [0.4, 0.5) is 0 Å². The van der Waals surface area contributed by atoms with Crippen LogP contribution in [0.25, 0.3) is 0 Å². The third-order valence-corrected chi connectivity index (χ3v) is 3.43. The molecule has 1 saturated carbocycles. The highest BCUT2D eigenvalue weighted by atomic mass is 16.3. The molecule has 2 aromatic heterocycles. The van der Waals surface area contributed by atoms with Gasteiger partial charge in [0.1, 0.15) is 5.76 Å². The first-order valence-electron chi connectivity index (χ1n) is 6.65. The Kier molecular flexibility index (Phi) is 3.22. The first kappa shape index (κ1) is 12.8. The van der Waals surface area contributed by atoms with E-state index in [0.29, 0.717) is 23.2 Å². The monoisotopic (exact) mass is 272 g/mol. The summed E-state index contributed by atoms with van der Waals surface area (Å²) in [4.78, 5) is 24.9. The molecule has 0 aliphatic heterocycles. The molecule has 0 bridgehead atoms. The Morgan fingerprint density at radius 3 is 2.80 bits per heavy atom. The molecule has 1 aliphatic carbocycles. The van der Waals surface area contributed by atoms with Crippen LogP contribution < -0.4 is 5.32 Å². The number of aromatic nitrogens is 3. The normalized spacial score (nSPS) is 15.9. The van der Waals surface area contributed by atoms with E-state index in [0.717, 1.165) is 18.5 Å². The minimum atomic E-state index is -0.238. The zero-order chi connectivity index (χ0) is 14.1. The summed E-state index contributed by atoms with van der Waals surface area (Å²) in [5, 5.41) is 2.98. The molecule has 1 amide bonds. The number of amides is 1. The highest BCUT2D eigenvalue weighted by Gasteiger charge is 2.36. The van der Waals surface area contributed by atoms with E-state index in [4.69, 9.17) is 4.42 Å². The highest BCUT2D eigenvalue weighted by molar-refractivity contribution is 5.93. The molecule has 0 spiro atoms. The van der Waals surface area contributed by atoms with E-state index in [-0.39, 0.29) is 11.9 Å². The molecule has 0 unspecified atom stereocenters. The molecule has 2 aromatic rings. The number of rotatable bonds is 4. The molecule has 1 N–H and O–H groups in total. The first-order valence-corrected chi connectivity index (χ1v) is 6.65. The average Bonchev–Trinajstić information content (AvgIpc) is 3.17. The highest BCUT2D eigenvalue weighted by Crippen LogP contribution is 2.40. The Balaban J connectivity index is 1.82. The van der Waals surface area contributed by atoms with E-state index in [1.54, 1.807) is 13.1 Å². The molecule has 1 fully saturated rings. The van der Waals surface area contributed by atoms with Gasteiger partial charge in [-0.25, -0.2) is 15.0 Å². The number of hydrogen-bond acceptors (Lipinski definition) is 5. The maximum Gasteiger partial charge on any atom is 0.274 e. The lowest BCUT2D eigenvalue weighted by molar-refractivity contribution is 0.0923. The van der Waals surface area contributed by atoms with Gasteiger partial charge in [-0.15, -0.1) is 0 Å². The van der Waals surface area contributed by atoms with Crippen molar-refractivity contribution in [2.24, 2.45) is 5.92 Å². The number of hydrogen-bond donors (Lipinski definition) is 1. The van der Waals surface area contributed by atoms with Crippen LogP contribution in [0.5, 0.6) is 0 Å². The van der Waals surface area contributed by atoms with Crippen LogP contribution in [0.15, 0.2) is 23.1 Å². The van der Waals surface area contributed by atoms with E-state index in [2.05, 4.69) is 20.3 Å². The third kappa shape index (κ3) is 2.54. The van der Waals surface area contributed by atoms with Crippen molar-refractivity contribution in [2.45, 2.75) is 32.7 Å². The van der Waals surface area contributed by atoms with Gasteiger partial charge in [0.2, 0.25) is 0 Å². The van der Waals surface area contributed by atoms with Gasteiger partial charge in [0.25, 0.3) is 5.91 Å². The third-order valence-electron chi connectivity index (χ3n) is 3.43. The van der Waals surface area contributed by atoms with E-state index in [1.807, 2.05) is 13.0 Å². The molecule has 0 radical (unpaired) electrons. The smallest absolute Gasteiger partial charge is 0.274 e. The molecule has 1 aliphatic rings. The number of nitrogens with zero attached hydrogens (tertiary/aromatic N) is 3. The van der Waals surface area contributed by atoms with E-state index in [9.17, 15) is 4.79 Å². The van der Waals surface area contributed by atoms with Crippen LogP contribution in [0.1, 0.15) is 46.7 Å². The zero-order valence-corrected chi connectivity index (χ0v) is 11.5. The summed E-state index contributed by atoms with van der Waals surface area (Å²) < 4.78 is 5.06.